The van der Waals surface area contributed by atoms with Gasteiger partial charge in [0, 0.05) is 23.0 Å². The van der Waals surface area contributed by atoms with E-state index in [9.17, 15) is 0 Å². The highest BCUT2D eigenvalue weighted by Crippen LogP contribution is 2.23. The first kappa shape index (κ1) is 11.7. The fourth-order valence-electron chi connectivity index (χ4n) is 2.14. The van der Waals surface area contributed by atoms with E-state index in [1.807, 2.05) is 49.5 Å². The maximum Gasteiger partial charge on any atom is 0.0725 e. The van der Waals surface area contributed by atoms with Gasteiger partial charge in [0.05, 0.1) is 17.8 Å². The van der Waals surface area contributed by atoms with Crippen molar-refractivity contribution in [2.75, 3.05) is 5.32 Å². The molecule has 0 atom stereocenters. The van der Waals surface area contributed by atoms with E-state index in [2.05, 4.69) is 27.4 Å². The van der Waals surface area contributed by atoms with Crippen molar-refractivity contribution in [2.24, 2.45) is 0 Å². The summed E-state index contributed by atoms with van der Waals surface area (Å²) >= 11 is 0. The summed E-state index contributed by atoms with van der Waals surface area (Å²) in [5.41, 5.74) is 4.17. The molecular formula is C16H15N3. The summed E-state index contributed by atoms with van der Waals surface area (Å²) in [6, 6.07) is 16.2. The van der Waals surface area contributed by atoms with Gasteiger partial charge < -0.3 is 5.32 Å². The molecule has 0 saturated carbocycles. The number of nitrogens with zero attached hydrogens (tertiary/aromatic N) is 2. The molecule has 0 aliphatic rings. The fourth-order valence-corrected chi connectivity index (χ4v) is 2.14. The van der Waals surface area contributed by atoms with Gasteiger partial charge in [-0.3, -0.25) is 9.97 Å². The number of rotatable bonds is 3. The van der Waals surface area contributed by atoms with E-state index < -0.39 is 0 Å². The minimum Gasteiger partial charge on any atom is -0.379 e. The summed E-state index contributed by atoms with van der Waals surface area (Å²) in [4.78, 5) is 8.85. The standard InChI is InChI=1S/C16H15N3/c1-12-10-16(14-7-2-3-8-15(14)19-12)18-11-13-6-4-5-9-17-13/h2-10H,11H2,1H3,(H,18,19). The average Bonchev–Trinajstić information content (AvgIpc) is 2.45. The van der Waals surface area contributed by atoms with Crippen LogP contribution >= 0.6 is 0 Å². The Balaban J connectivity index is 1.92. The number of hydrogen-bond donors (Lipinski definition) is 1. The molecule has 94 valence electrons. The molecule has 0 saturated heterocycles. The molecule has 3 rings (SSSR count). The predicted octanol–water partition coefficient (Wildman–Crippen LogP) is 3.55. The van der Waals surface area contributed by atoms with Crippen LogP contribution in [-0.4, -0.2) is 9.97 Å². The Morgan fingerprint density at radius 1 is 1.05 bits per heavy atom. The Hall–Kier alpha value is -2.42. The van der Waals surface area contributed by atoms with Crippen molar-refractivity contribution in [1.82, 2.24) is 9.97 Å². The number of nitrogens with one attached hydrogen (secondary N) is 1. The van der Waals surface area contributed by atoms with Crippen LogP contribution in [0.3, 0.4) is 0 Å². The van der Waals surface area contributed by atoms with Crippen LogP contribution in [0.1, 0.15) is 11.4 Å². The molecule has 2 heterocycles. The van der Waals surface area contributed by atoms with E-state index >= 15 is 0 Å². The normalized spacial score (nSPS) is 10.6. The SMILES string of the molecule is Cc1cc(NCc2ccccn2)c2ccccc2n1. The lowest BCUT2D eigenvalue weighted by Crippen LogP contribution is -2.02. The lowest BCUT2D eigenvalue weighted by atomic mass is 10.1. The average molecular weight is 249 g/mol. The zero-order valence-electron chi connectivity index (χ0n) is 10.8. The molecule has 3 heteroatoms. The lowest BCUT2D eigenvalue weighted by Gasteiger charge is -2.10. The molecule has 0 amide bonds. The van der Waals surface area contributed by atoms with Gasteiger partial charge in [-0.15, -0.1) is 0 Å². The third-order valence-corrected chi connectivity index (χ3v) is 3.03. The molecule has 0 spiro atoms. The van der Waals surface area contributed by atoms with Crippen molar-refractivity contribution in [3.8, 4) is 0 Å². The van der Waals surface area contributed by atoms with Gasteiger partial charge in [-0.25, -0.2) is 0 Å². The Labute approximate surface area is 112 Å². The first-order valence-electron chi connectivity index (χ1n) is 6.33. The molecule has 0 fully saturated rings. The fraction of sp³-hybridized carbons (Fsp3) is 0.125. The van der Waals surface area contributed by atoms with Gasteiger partial charge in [0.2, 0.25) is 0 Å². The molecule has 0 bridgehead atoms. The van der Waals surface area contributed by atoms with Gasteiger partial charge in [-0.2, -0.15) is 0 Å². The van der Waals surface area contributed by atoms with Gasteiger partial charge in [0.15, 0.2) is 0 Å². The minimum absolute atomic E-state index is 0.717. The first-order chi connectivity index (χ1) is 9.33. The zero-order valence-corrected chi connectivity index (χ0v) is 10.8. The second kappa shape index (κ2) is 5.06. The highest BCUT2D eigenvalue weighted by atomic mass is 14.9. The molecular weight excluding hydrogens is 234 g/mol. The quantitative estimate of drug-likeness (QED) is 0.771. The Morgan fingerprint density at radius 2 is 1.89 bits per heavy atom. The number of aryl methyl sites for hydroxylation is 1. The third-order valence-electron chi connectivity index (χ3n) is 3.03. The second-order valence-corrected chi connectivity index (χ2v) is 4.50. The van der Waals surface area contributed by atoms with E-state index in [1.54, 1.807) is 0 Å². The predicted molar refractivity (Wildman–Crippen MR) is 78.0 cm³/mol. The van der Waals surface area contributed by atoms with Crippen LogP contribution in [-0.2, 0) is 6.54 Å². The minimum atomic E-state index is 0.717. The van der Waals surface area contributed by atoms with Crippen LogP contribution in [0.15, 0.2) is 54.7 Å². The van der Waals surface area contributed by atoms with Gasteiger partial charge in [0.1, 0.15) is 0 Å². The third kappa shape index (κ3) is 2.55. The van der Waals surface area contributed by atoms with Crippen LogP contribution in [0.5, 0.6) is 0 Å². The summed E-state index contributed by atoms with van der Waals surface area (Å²) in [7, 11) is 0. The van der Waals surface area contributed by atoms with E-state index in [0.29, 0.717) is 6.54 Å². The molecule has 1 N–H and O–H groups in total. The molecule has 1 aromatic carbocycles. The van der Waals surface area contributed by atoms with Crippen molar-refractivity contribution in [1.29, 1.82) is 0 Å². The Bertz CT molecular complexity index is 693. The molecule has 0 radical (unpaired) electrons. The van der Waals surface area contributed by atoms with Gasteiger partial charge in [0.25, 0.3) is 0 Å². The molecule has 19 heavy (non-hydrogen) atoms. The highest BCUT2D eigenvalue weighted by Gasteiger charge is 2.03. The van der Waals surface area contributed by atoms with E-state index in [4.69, 9.17) is 0 Å². The molecule has 0 aliphatic heterocycles. The number of benzene rings is 1. The lowest BCUT2D eigenvalue weighted by molar-refractivity contribution is 1.05. The highest BCUT2D eigenvalue weighted by molar-refractivity contribution is 5.91. The van der Waals surface area contributed by atoms with E-state index in [0.717, 1.165) is 28.0 Å². The zero-order chi connectivity index (χ0) is 13.1. The van der Waals surface area contributed by atoms with Crippen LogP contribution < -0.4 is 5.32 Å². The number of fused-ring (bicyclic) bond motifs is 1. The molecule has 3 nitrogen and oxygen atoms in total. The first-order valence-corrected chi connectivity index (χ1v) is 6.33. The number of anilines is 1. The summed E-state index contributed by atoms with van der Waals surface area (Å²) < 4.78 is 0. The second-order valence-electron chi connectivity index (χ2n) is 4.50. The number of pyridine rings is 2. The van der Waals surface area contributed by atoms with Crippen LogP contribution in [0, 0.1) is 6.92 Å². The van der Waals surface area contributed by atoms with Gasteiger partial charge in [-0.1, -0.05) is 24.3 Å². The van der Waals surface area contributed by atoms with Gasteiger partial charge >= 0.3 is 0 Å². The van der Waals surface area contributed by atoms with Crippen molar-refractivity contribution in [3.63, 3.8) is 0 Å². The Morgan fingerprint density at radius 3 is 2.74 bits per heavy atom. The maximum atomic E-state index is 4.54. The molecule has 2 aromatic heterocycles. The summed E-state index contributed by atoms with van der Waals surface area (Å²) in [6.45, 7) is 2.73. The van der Waals surface area contributed by atoms with Crippen LogP contribution in [0.25, 0.3) is 10.9 Å². The van der Waals surface area contributed by atoms with E-state index in [-0.39, 0.29) is 0 Å². The molecule has 3 aromatic rings. The topological polar surface area (TPSA) is 37.8 Å². The maximum absolute atomic E-state index is 4.54. The number of hydrogen-bond acceptors (Lipinski definition) is 3. The smallest absolute Gasteiger partial charge is 0.0725 e. The van der Waals surface area contributed by atoms with Gasteiger partial charge in [-0.05, 0) is 31.2 Å². The molecule has 0 aliphatic carbocycles. The number of para-hydroxylation sites is 1. The largest absolute Gasteiger partial charge is 0.379 e. The van der Waals surface area contributed by atoms with E-state index in [1.165, 1.54) is 0 Å². The summed E-state index contributed by atoms with van der Waals surface area (Å²) in [5.74, 6) is 0. The van der Waals surface area contributed by atoms with Crippen LogP contribution in [0.4, 0.5) is 5.69 Å². The van der Waals surface area contributed by atoms with Crippen LogP contribution in [0.2, 0.25) is 0 Å². The van der Waals surface area contributed by atoms with Crippen molar-refractivity contribution < 1.29 is 0 Å². The van der Waals surface area contributed by atoms with Crippen molar-refractivity contribution in [2.45, 2.75) is 13.5 Å². The summed E-state index contributed by atoms with van der Waals surface area (Å²) in [6.07, 6.45) is 1.81. The molecule has 0 unspecified atom stereocenters. The monoisotopic (exact) mass is 249 g/mol. The van der Waals surface area contributed by atoms with Crippen molar-refractivity contribution in [3.05, 3.63) is 66.1 Å². The van der Waals surface area contributed by atoms with Crippen molar-refractivity contribution >= 4 is 16.6 Å². The summed E-state index contributed by atoms with van der Waals surface area (Å²) in [5, 5.41) is 4.58. The Kier molecular flexibility index (Phi) is 3.11. The number of aromatic nitrogens is 2.